The van der Waals surface area contributed by atoms with Gasteiger partial charge in [-0.05, 0) is 42.5 Å². The highest BCUT2D eigenvalue weighted by atomic mass is 35.5. The van der Waals surface area contributed by atoms with E-state index in [1.165, 1.54) is 12.1 Å². The van der Waals surface area contributed by atoms with Crippen LogP contribution in [0.15, 0.2) is 101 Å². The lowest BCUT2D eigenvalue weighted by Crippen LogP contribution is -2.08. The highest BCUT2D eigenvalue weighted by Gasteiger charge is 2.13. The molecule has 4 aromatic rings. The summed E-state index contributed by atoms with van der Waals surface area (Å²) in [6.45, 7) is 0. The van der Waals surface area contributed by atoms with Crippen LogP contribution < -0.4 is 5.01 Å². The van der Waals surface area contributed by atoms with Crippen molar-refractivity contribution in [3.63, 3.8) is 0 Å². The molecule has 0 fully saturated rings. The van der Waals surface area contributed by atoms with Crippen molar-refractivity contribution in [2.24, 2.45) is 5.10 Å². The number of para-hydroxylation sites is 2. The largest absolute Gasteiger partial charge is 0.455 e. The van der Waals surface area contributed by atoms with Crippen LogP contribution in [0.2, 0.25) is 5.02 Å². The highest BCUT2D eigenvalue weighted by Crippen LogP contribution is 2.32. The van der Waals surface area contributed by atoms with Crippen LogP contribution in [0, 0.1) is 10.1 Å². The second kappa shape index (κ2) is 8.63. The van der Waals surface area contributed by atoms with Gasteiger partial charge < -0.3 is 4.42 Å². The van der Waals surface area contributed by atoms with Gasteiger partial charge in [0.15, 0.2) is 0 Å². The minimum absolute atomic E-state index is 0.0709. The second-order valence-corrected chi connectivity index (χ2v) is 6.76. The lowest BCUT2D eigenvalue weighted by Gasteiger charge is -2.18. The van der Waals surface area contributed by atoms with E-state index in [2.05, 4.69) is 5.10 Å². The average Bonchev–Trinajstić information content (AvgIpc) is 3.24. The molecule has 0 saturated heterocycles. The molecule has 0 bridgehead atoms. The molecule has 30 heavy (non-hydrogen) atoms. The van der Waals surface area contributed by atoms with E-state index >= 15 is 0 Å². The third-order valence-electron chi connectivity index (χ3n) is 4.36. The molecule has 0 aliphatic carbocycles. The van der Waals surface area contributed by atoms with Crippen molar-refractivity contribution in [2.75, 3.05) is 5.01 Å². The van der Waals surface area contributed by atoms with E-state index < -0.39 is 4.92 Å². The minimum atomic E-state index is -0.488. The van der Waals surface area contributed by atoms with E-state index in [1.807, 2.05) is 60.7 Å². The standard InChI is InChI=1S/C23H16ClN3O3/c24-22-15-19(27(28)29)11-13-21(22)23-14-12-20(30-23)16-25-26(17-7-3-1-4-8-17)18-9-5-2-6-10-18/h1-16H/b25-16-. The number of nitro groups is 1. The van der Waals surface area contributed by atoms with Gasteiger partial charge in [-0.25, -0.2) is 5.01 Å². The molecule has 0 atom stereocenters. The third-order valence-corrected chi connectivity index (χ3v) is 4.67. The van der Waals surface area contributed by atoms with Gasteiger partial charge in [0.1, 0.15) is 11.5 Å². The Bertz CT molecular complexity index is 1150. The van der Waals surface area contributed by atoms with Crippen molar-refractivity contribution in [3.05, 3.63) is 112 Å². The summed E-state index contributed by atoms with van der Waals surface area (Å²) in [6.07, 6.45) is 1.61. The fourth-order valence-corrected chi connectivity index (χ4v) is 3.19. The number of furan rings is 1. The molecule has 0 spiro atoms. The van der Waals surface area contributed by atoms with Crippen LogP contribution >= 0.6 is 11.6 Å². The Hall–Kier alpha value is -3.90. The molecule has 7 heteroatoms. The van der Waals surface area contributed by atoms with Gasteiger partial charge in [0.2, 0.25) is 0 Å². The van der Waals surface area contributed by atoms with Gasteiger partial charge in [-0.2, -0.15) is 5.10 Å². The topological polar surface area (TPSA) is 71.9 Å². The summed E-state index contributed by atoms with van der Waals surface area (Å²) in [5.74, 6) is 1.03. The van der Waals surface area contributed by atoms with Gasteiger partial charge in [-0.15, -0.1) is 0 Å². The predicted octanol–water partition coefficient (Wildman–Crippen LogP) is 6.68. The van der Waals surface area contributed by atoms with Gasteiger partial charge in [-0.3, -0.25) is 10.1 Å². The van der Waals surface area contributed by atoms with Crippen LogP contribution in [0.3, 0.4) is 0 Å². The molecule has 0 amide bonds. The van der Waals surface area contributed by atoms with Crippen LogP contribution in [0.1, 0.15) is 5.76 Å². The SMILES string of the molecule is O=[N+]([O-])c1ccc(-c2ccc(/C=N\N(c3ccccc3)c3ccccc3)o2)c(Cl)c1. The van der Waals surface area contributed by atoms with Crippen molar-refractivity contribution in [1.82, 2.24) is 0 Å². The maximum atomic E-state index is 10.9. The number of benzene rings is 3. The third kappa shape index (κ3) is 4.24. The lowest BCUT2D eigenvalue weighted by atomic mass is 10.1. The van der Waals surface area contributed by atoms with Crippen LogP contribution in [0.4, 0.5) is 17.1 Å². The fourth-order valence-electron chi connectivity index (χ4n) is 2.92. The van der Waals surface area contributed by atoms with Crippen molar-refractivity contribution in [3.8, 4) is 11.3 Å². The van der Waals surface area contributed by atoms with E-state index in [4.69, 9.17) is 16.0 Å². The molecule has 0 aliphatic rings. The first-order valence-electron chi connectivity index (χ1n) is 9.10. The molecule has 0 aliphatic heterocycles. The summed E-state index contributed by atoms with van der Waals surface area (Å²) in [4.78, 5) is 10.4. The minimum Gasteiger partial charge on any atom is -0.455 e. The lowest BCUT2D eigenvalue weighted by molar-refractivity contribution is -0.384. The summed E-state index contributed by atoms with van der Waals surface area (Å²) in [6, 6.07) is 27.3. The number of hydrazone groups is 1. The summed E-state index contributed by atoms with van der Waals surface area (Å²) < 4.78 is 5.84. The first kappa shape index (κ1) is 19.4. The van der Waals surface area contributed by atoms with Gasteiger partial charge >= 0.3 is 0 Å². The molecule has 1 aromatic heterocycles. The molecular formula is C23H16ClN3O3. The van der Waals surface area contributed by atoms with Crippen LogP contribution in [-0.4, -0.2) is 11.1 Å². The fraction of sp³-hybridized carbons (Fsp3) is 0. The maximum absolute atomic E-state index is 10.9. The number of nitro benzene ring substituents is 1. The van der Waals surface area contributed by atoms with E-state index in [1.54, 1.807) is 29.4 Å². The Morgan fingerprint density at radius 1 is 0.900 bits per heavy atom. The van der Waals surface area contributed by atoms with Crippen molar-refractivity contribution < 1.29 is 9.34 Å². The molecule has 0 saturated carbocycles. The van der Waals surface area contributed by atoms with Crippen LogP contribution in [0.5, 0.6) is 0 Å². The van der Waals surface area contributed by atoms with Gasteiger partial charge in [0.25, 0.3) is 5.69 Å². The number of hydrogen-bond acceptors (Lipinski definition) is 5. The Morgan fingerprint density at radius 2 is 1.53 bits per heavy atom. The molecule has 4 rings (SSSR count). The van der Waals surface area contributed by atoms with Crippen LogP contribution in [-0.2, 0) is 0 Å². The molecule has 3 aromatic carbocycles. The summed E-state index contributed by atoms with van der Waals surface area (Å²) >= 11 is 6.20. The molecular weight excluding hydrogens is 402 g/mol. The molecule has 0 N–H and O–H groups in total. The summed E-state index contributed by atoms with van der Waals surface area (Å²) in [5, 5.41) is 17.5. The quantitative estimate of drug-likeness (QED) is 0.199. The van der Waals surface area contributed by atoms with E-state index in [0.717, 1.165) is 11.4 Å². The van der Waals surface area contributed by atoms with E-state index in [-0.39, 0.29) is 10.7 Å². The number of halogens is 1. The average molecular weight is 418 g/mol. The zero-order valence-electron chi connectivity index (χ0n) is 15.7. The Morgan fingerprint density at radius 3 is 2.10 bits per heavy atom. The number of rotatable bonds is 6. The predicted molar refractivity (Wildman–Crippen MR) is 118 cm³/mol. The summed E-state index contributed by atoms with van der Waals surface area (Å²) in [7, 11) is 0. The molecule has 0 unspecified atom stereocenters. The number of nitrogens with zero attached hydrogens (tertiary/aromatic N) is 3. The number of hydrogen-bond donors (Lipinski definition) is 0. The second-order valence-electron chi connectivity index (χ2n) is 6.35. The van der Waals surface area contributed by atoms with E-state index in [0.29, 0.717) is 17.1 Å². The highest BCUT2D eigenvalue weighted by molar-refractivity contribution is 6.33. The molecule has 6 nitrogen and oxygen atoms in total. The first-order chi connectivity index (χ1) is 14.6. The monoisotopic (exact) mass is 417 g/mol. The van der Waals surface area contributed by atoms with Crippen molar-refractivity contribution in [1.29, 1.82) is 0 Å². The Kier molecular flexibility index (Phi) is 5.59. The Balaban J connectivity index is 1.62. The zero-order chi connectivity index (χ0) is 20.9. The van der Waals surface area contributed by atoms with Gasteiger partial charge in [-0.1, -0.05) is 48.0 Å². The molecule has 1 heterocycles. The van der Waals surface area contributed by atoms with Gasteiger partial charge in [0.05, 0.1) is 27.5 Å². The van der Waals surface area contributed by atoms with E-state index in [9.17, 15) is 10.1 Å². The maximum Gasteiger partial charge on any atom is 0.270 e. The Labute approximate surface area is 177 Å². The zero-order valence-corrected chi connectivity index (χ0v) is 16.4. The van der Waals surface area contributed by atoms with Crippen molar-refractivity contribution in [2.45, 2.75) is 0 Å². The number of anilines is 2. The van der Waals surface area contributed by atoms with Crippen molar-refractivity contribution >= 4 is 34.9 Å². The molecule has 148 valence electrons. The number of non-ortho nitro benzene ring substituents is 1. The first-order valence-corrected chi connectivity index (χ1v) is 9.48. The normalized spacial score (nSPS) is 11.0. The van der Waals surface area contributed by atoms with Gasteiger partial charge in [0, 0.05) is 17.7 Å². The molecule has 0 radical (unpaired) electrons. The summed E-state index contributed by atoms with van der Waals surface area (Å²) in [5.41, 5.74) is 2.32. The smallest absolute Gasteiger partial charge is 0.270 e. The van der Waals surface area contributed by atoms with Crippen LogP contribution in [0.25, 0.3) is 11.3 Å².